The smallest absolute Gasteiger partial charge is 0.170 e. The molecule has 0 aliphatic rings. The third-order valence-electron chi connectivity index (χ3n) is 3.74. The van der Waals surface area contributed by atoms with Crippen molar-refractivity contribution in [2.45, 2.75) is 27.7 Å². The normalized spacial score (nSPS) is 10.3. The molecule has 0 atom stereocenters. The first kappa shape index (κ1) is 17.3. The lowest BCUT2D eigenvalue weighted by atomic mass is 10.1. The van der Waals surface area contributed by atoms with E-state index in [9.17, 15) is 0 Å². The predicted octanol–water partition coefficient (Wildman–Crippen LogP) is 4.29. The van der Waals surface area contributed by atoms with E-state index >= 15 is 0 Å². The first-order chi connectivity index (χ1) is 11.0. The molecule has 4 heteroatoms. The number of nitrogens with one attached hydrogen (secondary N) is 2. The molecule has 2 aromatic rings. The van der Waals surface area contributed by atoms with Gasteiger partial charge in [0.05, 0.1) is 6.54 Å². The standard InChI is InChI=1S/C19H24N2OS/c1-13-5-8-18(16(4)11-13)22-10-9-20-19(23)21-17-7-6-14(2)15(3)12-17/h5-8,11-12H,9-10H2,1-4H3,(H2,20,21,23). The average molecular weight is 328 g/mol. The molecule has 2 N–H and O–H groups in total. The van der Waals surface area contributed by atoms with E-state index < -0.39 is 0 Å². The van der Waals surface area contributed by atoms with Gasteiger partial charge in [-0.15, -0.1) is 0 Å². The minimum absolute atomic E-state index is 0.568. The van der Waals surface area contributed by atoms with Gasteiger partial charge < -0.3 is 15.4 Å². The van der Waals surface area contributed by atoms with Crippen LogP contribution in [-0.4, -0.2) is 18.3 Å². The van der Waals surface area contributed by atoms with Crippen molar-refractivity contribution >= 4 is 23.0 Å². The lowest BCUT2D eigenvalue weighted by Gasteiger charge is -2.13. The quantitative estimate of drug-likeness (QED) is 0.634. The Morgan fingerprint density at radius 1 is 0.957 bits per heavy atom. The molecule has 0 fully saturated rings. The summed E-state index contributed by atoms with van der Waals surface area (Å²) in [5, 5.41) is 6.96. The molecule has 0 unspecified atom stereocenters. The number of hydrogen-bond donors (Lipinski definition) is 2. The Kier molecular flexibility index (Phi) is 5.99. The molecule has 0 bridgehead atoms. The van der Waals surface area contributed by atoms with Crippen LogP contribution in [-0.2, 0) is 0 Å². The van der Waals surface area contributed by atoms with E-state index in [0.717, 1.165) is 17.0 Å². The summed E-state index contributed by atoms with van der Waals surface area (Å²) >= 11 is 5.31. The van der Waals surface area contributed by atoms with E-state index in [-0.39, 0.29) is 0 Å². The molecule has 0 aromatic heterocycles. The lowest BCUT2D eigenvalue weighted by molar-refractivity contribution is 0.320. The van der Waals surface area contributed by atoms with Crippen LogP contribution in [0.2, 0.25) is 0 Å². The maximum absolute atomic E-state index is 5.78. The van der Waals surface area contributed by atoms with Crippen LogP contribution in [0.5, 0.6) is 5.75 Å². The van der Waals surface area contributed by atoms with E-state index in [0.29, 0.717) is 18.3 Å². The first-order valence-electron chi connectivity index (χ1n) is 7.78. The SMILES string of the molecule is Cc1ccc(OCCNC(=S)Nc2ccc(C)c(C)c2)c(C)c1. The Bertz CT molecular complexity index is 698. The van der Waals surface area contributed by atoms with Crippen LogP contribution < -0.4 is 15.4 Å². The molecule has 0 spiro atoms. The molecule has 0 amide bonds. The summed E-state index contributed by atoms with van der Waals surface area (Å²) in [6.45, 7) is 9.55. The summed E-state index contributed by atoms with van der Waals surface area (Å²) < 4.78 is 5.78. The van der Waals surface area contributed by atoms with Crippen LogP contribution in [0.4, 0.5) is 5.69 Å². The highest BCUT2D eigenvalue weighted by atomic mass is 32.1. The Balaban J connectivity index is 1.75. The van der Waals surface area contributed by atoms with Gasteiger partial charge in [-0.3, -0.25) is 0 Å². The predicted molar refractivity (Wildman–Crippen MR) is 102 cm³/mol. The molecular formula is C19H24N2OS. The van der Waals surface area contributed by atoms with Crippen LogP contribution in [0.1, 0.15) is 22.3 Å². The van der Waals surface area contributed by atoms with Gasteiger partial charge in [0.2, 0.25) is 0 Å². The van der Waals surface area contributed by atoms with Crippen molar-refractivity contribution in [2.24, 2.45) is 0 Å². The zero-order valence-corrected chi connectivity index (χ0v) is 15.0. The maximum atomic E-state index is 5.78. The molecule has 0 saturated heterocycles. The number of hydrogen-bond acceptors (Lipinski definition) is 2. The van der Waals surface area contributed by atoms with Crippen LogP contribution in [0.3, 0.4) is 0 Å². The van der Waals surface area contributed by atoms with Crippen molar-refractivity contribution in [3.63, 3.8) is 0 Å². The molecule has 0 radical (unpaired) electrons. The number of ether oxygens (including phenoxy) is 1. The van der Waals surface area contributed by atoms with Crippen molar-refractivity contribution in [1.82, 2.24) is 5.32 Å². The van der Waals surface area contributed by atoms with Crippen molar-refractivity contribution in [1.29, 1.82) is 0 Å². The van der Waals surface area contributed by atoms with Crippen molar-refractivity contribution < 1.29 is 4.74 Å². The number of benzene rings is 2. The van der Waals surface area contributed by atoms with Gasteiger partial charge in [-0.05, 0) is 74.8 Å². The van der Waals surface area contributed by atoms with Gasteiger partial charge >= 0.3 is 0 Å². The molecule has 122 valence electrons. The molecule has 0 saturated carbocycles. The van der Waals surface area contributed by atoms with Crippen molar-refractivity contribution in [3.8, 4) is 5.75 Å². The average Bonchev–Trinajstić information content (AvgIpc) is 2.49. The van der Waals surface area contributed by atoms with Gasteiger partial charge in [0.1, 0.15) is 12.4 Å². The minimum Gasteiger partial charge on any atom is -0.491 e. The van der Waals surface area contributed by atoms with Gasteiger partial charge in [-0.2, -0.15) is 0 Å². The molecule has 0 heterocycles. The molecule has 2 rings (SSSR count). The number of anilines is 1. The summed E-state index contributed by atoms with van der Waals surface area (Å²) in [4.78, 5) is 0. The molecule has 2 aromatic carbocycles. The zero-order valence-electron chi connectivity index (χ0n) is 14.2. The molecule has 0 aliphatic carbocycles. The van der Waals surface area contributed by atoms with Crippen LogP contribution >= 0.6 is 12.2 Å². The van der Waals surface area contributed by atoms with Crippen molar-refractivity contribution in [3.05, 3.63) is 58.7 Å². The monoisotopic (exact) mass is 328 g/mol. The van der Waals surface area contributed by atoms with Crippen LogP contribution in [0.15, 0.2) is 36.4 Å². The molecule has 3 nitrogen and oxygen atoms in total. The van der Waals surface area contributed by atoms with Crippen LogP contribution in [0.25, 0.3) is 0 Å². The second-order valence-electron chi connectivity index (χ2n) is 5.80. The molecule has 0 aliphatic heterocycles. The summed E-state index contributed by atoms with van der Waals surface area (Å²) in [6, 6.07) is 12.4. The lowest BCUT2D eigenvalue weighted by Crippen LogP contribution is -2.32. The Labute approximate surface area is 144 Å². The third-order valence-corrected chi connectivity index (χ3v) is 3.99. The Morgan fingerprint density at radius 2 is 1.74 bits per heavy atom. The number of aryl methyl sites for hydroxylation is 4. The molecule has 23 heavy (non-hydrogen) atoms. The number of thiocarbonyl (C=S) groups is 1. The van der Waals surface area contributed by atoms with Gasteiger partial charge in [-0.25, -0.2) is 0 Å². The summed E-state index contributed by atoms with van der Waals surface area (Å²) in [7, 11) is 0. The summed E-state index contributed by atoms with van der Waals surface area (Å²) in [6.07, 6.45) is 0. The van der Waals surface area contributed by atoms with Gasteiger partial charge in [0, 0.05) is 5.69 Å². The van der Waals surface area contributed by atoms with Gasteiger partial charge in [0.15, 0.2) is 5.11 Å². The zero-order chi connectivity index (χ0) is 16.8. The van der Waals surface area contributed by atoms with Crippen molar-refractivity contribution in [2.75, 3.05) is 18.5 Å². The second kappa shape index (κ2) is 7.97. The van der Waals surface area contributed by atoms with E-state index in [4.69, 9.17) is 17.0 Å². The van der Waals surface area contributed by atoms with E-state index in [2.05, 4.69) is 62.6 Å². The van der Waals surface area contributed by atoms with E-state index in [1.165, 1.54) is 16.7 Å². The summed E-state index contributed by atoms with van der Waals surface area (Å²) in [5.74, 6) is 0.922. The Morgan fingerprint density at radius 3 is 2.43 bits per heavy atom. The molecular weight excluding hydrogens is 304 g/mol. The Hall–Kier alpha value is -2.07. The highest BCUT2D eigenvalue weighted by Crippen LogP contribution is 2.18. The number of rotatable bonds is 5. The maximum Gasteiger partial charge on any atom is 0.170 e. The van der Waals surface area contributed by atoms with E-state index in [1.54, 1.807) is 0 Å². The largest absolute Gasteiger partial charge is 0.491 e. The van der Waals surface area contributed by atoms with Gasteiger partial charge in [-0.1, -0.05) is 23.8 Å². The van der Waals surface area contributed by atoms with Gasteiger partial charge in [0.25, 0.3) is 0 Å². The first-order valence-corrected chi connectivity index (χ1v) is 8.18. The minimum atomic E-state index is 0.568. The van der Waals surface area contributed by atoms with Crippen LogP contribution in [0, 0.1) is 27.7 Å². The fraction of sp³-hybridized carbons (Fsp3) is 0.316. The topological polar surface area (TPSA) is 33.3 Å². The fourth-order valence-corrected chi connectivity index (χ4v) is 2.50. The highest BCUT2D eigenvalue weighted by molar-refractivity contribution is 7.80. The fourth-order valence-electron chi connectivity index (χ4n) is 2.28. The summed E-state index contributed by atoms with van der Waals surface area (Å²) in [5.41, 5.74) is 5.92. The van der Waals surface area contributed by atoms with E-state index in [1.807, 2.05) is 12.1 Å². The highest BCUT2D eigenvalue weighted by Gasteiger charge is 2.01. The second-order valence-corrected chi connectivity index (χ2v) is 6.21. The third kappa shape index (κ3) is 5.25.